The van der Waals surface area contributed by atoms with Crippen LogP contribution in [0.2, 0.25) is 0 Å². The van der Waals surface area contributed by atoms with Crippen LogP contribution in [-0.2, 0) is 4.79 Å². The smallest absolute Gasteiger partial charge is 0.224 e. The molecule has 2 aromatic carbocycles. The predicted octanol–water partition coefficient (Wildman–Crippen LogP) is 6.71. The first-order valence-electron chi connectivity index (χ1n) is 12.1. The summed E-state index contributed by atoms with van der Waals surface area (Å²) in [7, 11) is 0. The second kappa shape index (κ2) is 9.31. The lowest BCUT2D eigenvalue weighted by Gasteiger charge is -2.07. The summed E-state index contributed by atoms with van der Waals surface area (Å²) in [5.41, 5.74) is 6.77. The fourth-order valence-electron chi connectivity index (χ4n) is 4.56. The van der Waals surface area contributed by atoms with Gasteiger partial charge in [-0.05, 0) is 54.4 Å². The Morgan fingerprint density at radius 3 is 2.68 bits per heavy atom. The number of aromatic amines is 2. The number of hydrogen-bond donors (Lipinski definition) is 3. The highest BCUT2D eigenvalue weighted by molar-refractivity contribution is 6.01. The maximum Gasteiger partial charge on any atom is 0.224 e. The summed E-state index contributed by atoms with van der Waals surface area (Å²) in [6.07, 6.45) is 6.33. The van der Waals surface area contributed by atoms with Crippen molar-refractivity contribution in [3.63, 3.8) is 0 Å². The minimum absolute atomic E-state index is 0.0305. The molecule has 6 rings (SSSR count). The Bertz CT molecular complexity index is 1770. The molecule has 37 heavy (non-hydrogen) atoms. The van der Waals surface area contributed by atoms with Crippen LogP contribution in [0.5, 0.6) is 0 Å². The van der Waals surface area contributed by atoms with E-state index in [2.05, 4.69) is 30.5 Å². The van der Waals surface area contributed by atoms with Gasteiger partial charge in [-0.1, -0.05) is 25.1 Å². The molecule has 4 aromatic heterocycles. The molecule has 0 saturated carbocycles. The highest BCUT2D eigenvalue weighted by Crippen LogP contribution is 2.35. The quantitative estimate of drug-likeness (QED) is 0.241. The van der Waals surface area contributed by atoms with Gasteiger partial charge in [0.1, 0.15) is 11.5 Å². The minimum Gasteiger partial charge on any atom is -0.353 e. The van der Waals surface area contributed by atoms with Crippen LogP contribution in [0.25, 0.3) is 55.6 Å². The van der Waals surface area contributed by atoms with Gasteiger partial charge in [-0.15, -0.1) is 0 Å². The van der Waals surface area contributed by atoms with E-state index in [1.807, 2.05) is 43.3 Å². The van der Waals surface area contributed by atoms with E-state index in [0.717, 1.165) is 50.7 Å². The number of carbonyl (C=O) groups excluding carboxylic acids is 1. The van der Waals surface area contributed by atoms with Crippen molar-refractivity contribution < 1.29 is 9.18 Å². The molecule has 0 saturated heterocycles. The second-order valence-electron chi connectivity index (χ2n) is 8.88. The third-order valence-corrected chi connectivity index (χ3v) is 6.33. The average molecular weight is 491 g/mol. The molecule has 0 spiro atoms. The lowest BCUT2D eigenvalue weighted by Crippen LogP contribution is -2.10. The molecule has 0 aliphatic rings. The molecule has 0 aliphatic heterocycles. The van der Waals surface area contributed by atoms with Gasteiger partial charge in [0, 0.05) is 46.2 Å². The van der Waals surface area contributed by atoms with E-state index in [1.165, 1.54) is 6.07 Å². The SMILES string of the molecule is CCCC(=O)Nc1cncc(-c2ccc3[nH]nc(-c4cc5c(-c6ccccc6F)nccc5[nH]4)c3c2)c1. The molecule has 0 bridgehead atoms. The first-order chi connectivity index (χ1) is 18.1. The number of benzene rings is 2. The summed E-state index contributed by atoms with van der Waals surface area (Å²) < 4.78 is 14.5. The number of nitrogens with zero attached hydrogens (tertiary/aromatic N) is 3. The molecule has 6 aromatic rings. The van der Waals surface area contributed by atoms with Gasteiger partial charge in [0.2, 0.25) is 5.91 Å². The monoisotopic (exact) mass is 490 g/mol. The van der Waals surface area contributed by atoms with Crippen LogP contribution in [0.4, 0.5) is 10.1 Å². The van der Waals surface area contributed by atoms with Crippen LogP contribution in [0, 0.1) is 5.82 Å². The fourth-order valence-corrected chi connectivity index (χ4v) is 4.56. The van der Waals surface area contributed by atoms with E-state index in [4.69, 9.17) is 0 Å². The maximum atomic E-state index is 14.5. The number of rotatable bonds is 6. The first kappa shape index (κ1) is 22.6. The Labute approximate surface area is 211 Å². The van der Waals surface area contributed by atoms with Gasteiger partial charge in [-0.2, -0.15) is 5.10 Å². The van der Waals surface area contributed by atoms with Gasteiger partial charge in [0.15, 0.2) is 0 Å². The molecule has 7 nitrogen and oxygen atoms in total. The number of carbonyl (C=O) groups is 1. The molecule has 0 unspecified atom stereocenters. The van der Waals surface area contributed by atoms with Gasteiger partial charge in [-0.3, -0.25) is 19.9 Å². The van der Waals surface area contributed by atoms with Gasteiger partial charge < -0.3 is 10.3 Å². The highest BCUT2D eigenvalue weighted by atomic mass is 19.1. The summed E-state index contributed by atoms with van der Waals surface area (Å²) >= 11 is 0. The summed E-state index contributed by atoms with van der Waals surface area (Å²) in [6, 6.07) is 18.4. The van der Waals surface area contributed by atoms with Crippen molar-refractivity contribution in [2.45, 2.75) is 19.8 Å². The van der Waals surface area contributed by atoms with Crippen molar-refractivity contribution in [3.8, 4) is 33.8 Å². The van der Waals surface area contributed by atoms with Gasteiger partial charge in [0.25, 0.3) is 0 Å². The largest absolute Gasteiger partial charge is 0.353 e. The zero-order valence-electron chi connectivity index (χ0n) is 20.0. The molecule has 8 heteroatoms. The van der Waals surface area contributed by atoms with E-state index in [9.17, 15) is 9.18 Å². The molecule has 4 heterocycles. The molecule has 0 fully saturated rings. The number of halogens is 1. The van der Waals surface area contributed by atoms with Crippen LogP contribution in [0.3, 0.4) is 0 Å². The number of aromatic nitrogens is 5. The highest BCUT2D eigenvalue weighted by Gasteiger charge is 2.16. The van der Waals surface area contributed by atoms with Crippen molar-refractivity contribution in [3.05, 3.63) is 85.1 Å². The number of pyridine rings is 2. The predicted molar refractivity (Wildman–Crippen MR) is 143 cm³/mol. The molecule has 1 amide bonds. The Morgan fingerprint density at radius 2 is 1.81 bits per heavy atom. The van der Waals surface area contributed by atoms with Crippen molar-refractivity contribution >= 4 is 33.4 Å². The molecular formula is C29H23FN6O. The van der Waals surface area contributed by atoms with Crippen molar-refractivity contribution in [2.24, 2.45) is 0 Å². The Balaban J connectivity index is 1.41. The van der Waals surface area contributed by atoms with Gasteiger partial charge >= 0.3 is 0 Å². The number of nitrogens with one attached hydrogen (secondary N) is 3. The Kier molecular flexibility index (Phi) is 5.69. The third kappa shape index (κ3) is 4.23. The third-order valence-electron chi connectivity index (χ3n) is 6.33. The van der Waals surface area contributed by atoms with Crippen LogP contribution >= 0.6 is 0 Å². The molecule has 182 valence electrons. The van der Waals surface area contributed by atoms with Crippen LogP contribution in [-0.4, -0.2) is 31.1 Å². The van der Waals surface area contributed by atoms with E-state index >= 15 is 0 Å². The number of amides is 1. The number of hydrogen-bond acceptors (Lipinski definition) is 4. The zero-order valence-corrected chi connectivity index (χ0v) is 20.0. The second-order valence-corrected chi connectivity index (χ2v) is 8.88. The summed E-state index contributed by atoms with van der Waals surface area (Å²) in [6.45, 7) is 1.97. The van der Waals surface area contributed by atoms with Crippen LogP contribution in [0.15, 0.2) is 79.3 Å². The van der Waals surface area contributed by atoms with Crippen molar-refractivity contribution in [1.82, 2.24) is 25.1 Å². The normalized spacial score (nSPS) is 11.3. The van der Waals surface area contributed by atoms with E-state index in [-0.39, 0.29) is 11.7 Å². The van der Waals surface area contributed by atoms with Crippen molar-refractivity contribution in [1.29, 1.82) is 0 Å². The minimum atomic E-state index is -0.318. The van der Waals surface area contributed by atoms with Gasteiger partial charge in [0.05, 0.1) is 28.8 Å². The average Bonchev–Trinajstić information content (AvgIpc) is 3.53. The van der Waals surface area contributed by atoms with Crippen molar-refractivity contribution in [2.75, 3.05) is 5.32 Å². The van der Waals surface area contributed by atoms with E-state index in [1.54, 1.807) is 36.8 Å². The Hall–Kier alpha value is -4.85. The Morgan fingerprint density at radius 1 is 0.946 bits per heavy atom. The lowest BCUT2D eigenvalue weighted by atomic mass is 10.0. The summed E-state index contributed by atoms with van der Waals surface area (Å²) in [5, 5.41) is 12.3. The van der Waals surface area contributed by atoms with Gasteiger partial charge in [-0.25, -0.2) is 4.39 Å². The zero-order chi connectivity index (χ0) is 25.4. The van der Waals surface area contributed by atoms with E-state index < -0.39 is 0 Å². The number of fused-ring (bicyclic) bond motifs is 2. The molecule has 3 N–H and O–H groups in total. The number of anilines is 1. The maximum absolute atomic E-state index is 14.5. The van der Waals surface area contributed by atoms with E-state index in [0.29, 0.717) is 23.4 Å². The van der Waals surface area contributed by atoms with Crippen LogP contribution in [0.1, 0.15) is 19.8 Å². The lowest BCUT2D eigenvalue weighted by molar-refractivity contribution is -0.116. The molecular weight excluding hydrogens is 467 g/mol. The molecule has 0 radical (unpaired) electrons. The molecule has 0 aliphatic carbocycles. The summed E-state index contributed by atoms with van der Waals surface area (Å²) in [4.78, 5) is 24.2. The summed E-state index contributed by atoms with van der Waals surface area (Å²) in [5.74, 6) is -0.348. The number of H-pyrrole nitrogens is 2. The molecule has 0 atom stereocenters. The van der Waals surface area contributed by atoms with Crippen LogP contribution < -0.4 is 5.32 Å². The standard InChI is InChI=1S/C29H23FN6O/c1-2-5-27(37)33-19-12-18(15-31-16-19)17-8-9-25-21(13-17)29(36-35-25)26-14-22-24(34-26)10-11-32-28(22)20-6-3-4-7-23(20)30/h3-4,6-16,34H,2,5H2,1H3,(H,33,37)(H,35,36). The topological polar surface area (TPSA) is 99.3 Å². The fraction of sp³-hybridized carbons (Fsp3) is 0.103. The first-order valence-corrected chi connectivity index (χ1v) is 12.1.